The second kappa shape index (κ2) is 5.74. The highest BCUT2D eigenvalue weighted by molar-refractivity contribution is 6.32. The second-order valence-corrected chi connectivity index (χ2v) is 6.10. The number of hydrogen-bond donors (Lipinski definition) is 0. The van der Waals surface area contributed by atoms with E-state index in [0.717, 1.165) is 24.2 Å². The molecule has 0 bridgehead atoms. The zero-order valence-electron chi connectivity index (χ0n) is 11.8. The van der Waals surface area contributed by atoms with Crippen LogP contribution in [0.5, 0.6) is 5.75 Å². The molecule has 1 aliphatic heterocycles. The molecular weight excluding hydrogens is 274 g/mol. The smallest absolute Gasteiger partial charge is 0.138 e. The van der Waals surface area contributed by atoms with Gasteiger partial charge < -0.3 is 9.47 Å². The van der Waals surface area contributed by atoms with Gasteiger partial charge in [0.15, 0.2) is 0 Å². The highest BCUT2D eigenvalue weighted by Gasteiger charge is 2.38. The molecule has 0 aromatic heterocycles. The number of nitrogens with zero attached hydrogens (tertiary/aromatic N) is 1. The fourth-order valence-corrected chi connectivity index (χ4v) is 3.10. The predicted molar refractivity (Wildman–Crippen MR) is 81.3 cm³/mol. The van der Waals surface area contributed by atoms with Crippen molar-refractivity contribution in [2.24, 2.45) is 4.99 Å². The van der Waals surface area contributed by atoms with Crippen molar-refractivity contribution >= 4 is 17.8 Å². The molecule has 1 aromatic rings. The van der Waals surface area contributed by atoms with Crippen LogP contribution in [-0.4, -0.2) is 32.1 Å². The zero-order chi connectivity index (χ0) is 14.0. The molecule has 0 radical (unpaired) electrons. The second-order valence-electron chi connectivity index (χ2n) is 5.69. The van der Waals surface area contributed by atoms with E-state index in [1.165, 1.54) is 24.8 Å². The molecule has 1 saturated carbocycles. The van der Waals surface area contributed by atoms with E-state index in [4.69, 9.17) is 26.1 Å². The SMILES string of the molecule is COCCCOc1cc2c(cc1Cl)C=NC1(CCC1)C2. The Kier molecular flexibility index (Phi) is 3.99. The number of hydrogen-bond acceptors (Lipinski definition) is 3. The maximum absolute atomic E-state index is 6.28. The molecule has 3 nitrogen and oxygen atoms in total. The molecule has 0 amide bonds. The van der Waals surface area contributed by atoms with Gasteiger partial charge in [-0.1, -0.05) is 11.6 Å². The van der Waals surface area contributed by atoms with E-state index in [1.54, 1.807) is 7.11 Å². The van der Waals surface area contributed by atoms with Gasteiger partial charge in [-0.2, -0.15) is 0 Å². The lowest BCUT2D eigenvalue weighted by Gasteiger charge is -2.40. The fourth-order valence-electron chi connectivity index (χ4n) is 2.88. The molecule has 1 heterocycles. The van der Waals surface area contributed by atoms with E-state index in [2.05, 4.69) is 6.07 Å². The van der Waals surface area contributed by atoms with Gasteiger partial charge in [0.05, 0.1) is 17.2 Å². The van der Waals surface area contributed by atoms with Crippen LogP contribution < -0.4 is 4.74 Å². The fraction of sp³-hybridized carbons (Fsp3) is 0.562. The molecule has 3 rings (SSSR count). The number of methoxy groups -OCH3 is 1. The zero-order valence-corrected chi connectivity index (χ0v) is 12.6. The molecule has 0 unspecified atom stereocenters. The van der Waals surface area contributed by atoms with Crippen molar-refractivity contribution in [1.82, 2.24) is 0 Å². The van der Waals surface area contributed by atoms with Gasteiger partial charge in [0.2, 0.25) is 0 Å². The van der Waals surface area contributed by atoms with Crippen LogP contribution in [0.25, 0.3) is 0 Å². The molecule has 1 aliphatic carbocycles. The van der Waals surface area contributed by atoms with Crippen molar-refractivity contribution in [2.45, 2.75) is 37.6 Å². The minimum atomic E-state index is 0.175. The molecule has 2 aliphatic rings. The van der Waals surface area contributed by atoms with Crippen LogP contribution in [0.4, 0.5) is 0 Å². The summed E-state index contributed by atoms with van der Waals surface area (Å²) in [7, 11) is 1.70. The van der Waals surface area contributed by atoms with Gasteiger partial charge in [0.1, 0.15) is 5.75 Å². The van der Waals surface area contributed by atoms with Gasteiger partial charge >= 0.3 is 0 Å². The Morgan fingerprint density at radius 3 is 2.85 bits per heavy atom. The quantitative estimate of drug-likeness (QED) is 0.776. The van der Waals surface area contributed by atoms with Crippen LogP contribution in [0.3, 0.4) is 0 Å². The summed E-state index contributed by atoms with van der Waals surface area (Å²) in [5.74, 6) is 0.784. The summed E-state index contributed by atoms with van der Waals surface area (Å²) in [6.45, 7) is 1.34. The monoisotopic (exact) mass is 293 g/mol. The van der Waals surface area contributed by atoms with Crippen LogP contribution in [-0.2, 0) is 11.2 Å². The highest BCUT2D eigenvalue weighted by atomic mass is 35.5. The lowest BCUT2D eigenvalue weighted by atomic mass is 9.71. The van der Waals surface area contributed by atoms with E-state index in [-0.39, 0.29) is 5.54 Å². The first kappa shape index (κ1) is 13.9. The minimum absolute atomic E-state index is 0.175. The number of halogens is 1. The molecule has 1 spiro atoms. The van der Waals surface area contributed by atoms with Crippen molar-refractivity contribution in [1.29, 1.82) is 0 Å². The third-order valence-electron chi connectivity index (χ3n) is 4.23. The lowest BCUT2D eigenvalue weighted by Crippen LogP contribution is -2.39. The number of fused-ring (bicyclic) bond motifs is 1. The Morgan fingerprint density at radius 2 is 2.15 bits per heavy atom. The first-order valence-electron chi connectivity index (χ1n) is 7.22. The van der Waals surface area contributed by atoms with Gasteiger partial charge in [-0.05, 0) is 48.9 Å². The standard InChI is InChI=1S/C16H20ClNO2/c1-19-6-3-7-20-15-9-12-10-16(4-2-5-16)18-11-13(12)8-14(15)17/h8-9,11H,2-7,10H2,1H3. The van der Waals surface area contributed by atoms with Crippen LogP contribution in [0.15, 0.2) is 17.1 Å². The molecule has 4 heteroatoms. The van der Waals surface area contributed by atoms with Crippen molar-refractivity contribution in [3.8, 4) is 5.75 Å². The number of ether oxygens (including phenoxy) is 2. The van der Waals surface area contributed by atoms with Crippen molar-refractivity contribution in [3.63, 3.8) is 0 Å². The van der Waals surface area contributed by atoms with Gasteiger partial charge in [-0.25, -0.2) is 0 Å². The topological polar surface area (TPSA) is 30.8 Å². The van der Waals surface area contributed by atoms with Crippen molar-refractivity contribution in [2.75, 3.05) is 20.3 Å². The first-order valence-corrected chi connectivity index (χ1v) is 7.60. The summed E-state index contributed by atoms with van der Waals surface area (Å²) < 4.78 is 10.8. The molecule has 0 atom stereocenters. The Balaban J connectivity index is 1.74. The molecular formula is C16H20ClNO2. The first-order chi connectivity index (χ1) is 9.72. The van der Waals surface area contributed by atoms with E-state index in [9.17, 15) is 0 Å². The molecule has 1 fully saturated rings. The molecule has 0 saturated heterocycles. The van der Waals surface area contributed by atoms with Crippen LogP contribution >= 0.6 is 11.6 Å². The number of rotatable bonds is 5. The summed E-state index contributed by atoms with van der Waals surface area (Å²) in [6, 6.07) is 4.06. The van der Waals surface area contributed by atoms with Crippen molar-refractivity contribution < 1.29 is 9.47 Å². The van der Waals surface area contributed by atoms with Crippen molar-refractivity contribution in [3.05, 3.63) is 28.3 Å². The van der Waals surface area contributed by atoms with Gasteiger partial charge in [0.25, 0.3) is 0 Å². The molecule has 0 N–H and O–H groups in total. The number of benzene rings is 1. The van der Waals surface area contributed by atoms with Gasteiger partial charge in [0, 0.05) is 26.4 Å². The largest absolute Gasteiger partial charge is 0.492 e. The maximum Gasteiger partial charge on any atom is 0.138 e. The average molecular weight is 294 g/mol. The third-order valence-corrected chi connectivity index (χ3v) is 4.52. The highest BCUT2D eigenvalue weighted by Crippen LogP contribution is 2.42. The van der Waals surface area contributed by atoms with Gasteiger partial charge in [-0.3, -0.25) is 4.99 Å². The normalized spacial score (nSPS) is 18.7. The molecule has 108 valence electrons. The Labute approximate surface area is 124 Å². The summed E-state index contributed by atoms with van der Waals surface area (Å²) in [5.41, 5.74) is 2.62. The average Bonchev–Trinajstić information content (AvgIpc) is 2.42. The Morgan fingerprint density at radius 1 is 1.30 bits per heavy atom. The van der Waals surface area contributed by atoms with Gasteiger partial charge in [-0.15, -0.1) is 0 Å². The summed E-state index contributed by atoms with van der Waals surface area (Å²) in [4.78, 5) is 4.72. The third kappa shape index (κ3) is 2.70. The predicted octanol–water partition coefficient (Wildman–Crippen LogP) is 3.65. The molecule has 1 aromatic carbocycles. The molecule has 20 heavy (non-hydrogen) atoms. The lowest BCUT2D eigenvalue weighted by molar-refractivity contribution is 0.172. The number of aliphatic imine (C=N–C) groups is 1. The summed E-state index contributed by atoms with van der Waals surface area (Å²) in [5, 5.41) is 0.664. The van der Waals surface area contributed by atoms with E-state index in [0.29, 0.717) is 18.2 Å². The Bertz CT molecular complexity index is 523. The van der Waals surface area contributed by atoms with Crippen LogP contribution in [0.1, 0.15) is 36.8 Å². The summed E-state index contributed by atoms with van der Waals surface area (Å²) >= 11 is 6.28. The summed E-state index contributed by atoms with van der Waals surface area (Å²) in [6.07, 6.45) is 7.57. The Hall–Kier alpha value is -1.06. The van der Waals surface area contributed by atoms with E-state index in [1.807, 2.05) is 12.3 Å². The van der Waals surface area contributed by atoms with E-state index < -0.39 is 0 Å². The maximum atomic E-state index is 6.28. The van der Waals surface area contributed by atoms with Crippen LogP contribution in [0, 0.1) is 0 Å². The minimum Gasteiger partial charge on any atom is -0.492 e. The van der Waals surface area contributed by atoms with E-state index >= 15 is 0 Å². The van der Waals surface area contributed by atoms with Crippen LogP contribution in [0.2, 0.25) is 5.02 Å².